The van der Waals surface area contributed by atoms with Crippen molar-refractivity contribution in [1.29, 1.82) is 0 Å². The van der Waals surface area contributed by atoms with Gasteiger partial charge in [-0.25, -0.2) is 0 Å². The van der Waals surface area contributed by atoms with E-state index in [1.807, 2.05) is 0 Å². The predicted molar refractivity (Wildman–Crippen MR) is 81.1 cm³/mol. The van der Waals surface area contributed by atoms with Gasteiger partial charge in [0.05, 0.1) is 7.11 Å². The van der Waals surface area contributed by atoms with Crippen LogP contribution in [0.15, 0.2) is 30.4 Å². The Morgan fingerprint density at radius 1 is 1.32 bits per heavy atom. The quantitative estimate of drug-likeness (QED) is 0.801. The van der Waals surface area contributed by atoms with E-state index < -0.39 is 0 Å². The molecule has 19 heavy (non-hydrogen) atoms. The highest BCUT2D eigenvalue weighted by molar-refractivity contribution is 5.85. The molecular weight excluding hydrogens is 258 g/mol. The van der Waals surface area contributed by atoms with Crippen molar-refractivity contribution in [3.05, 3.63) is 41.5 Å². The summed E-state index contributed by atoms with van der Waals surface area (Å²) < 4.78 is 5.37. The Morgan fingerprint density at radius 3 is 2.84 bits per heavy atom. The summed E-state index contributed by atoms with van der Waals surface area (Å²) in [6.07, 6.45) is 7.85. The molecule has 1 unspecified atom stereocenters. The maximum atomic E-state index is 6.54. The van der Waals surface area contributed by atoms with Crippen LogP contribution in [0.4, 0.5) is 0 Å². The lowest BCUT2D eigenvalue weighted by Crippen LogP contribution is -2.51. The number of ether oxygens (including phenoxy) is 1. The minimum absolute atomic E-state index is 0. The van der Waals surface area contributed by atoms with Crippen molar-refractivity contribution in [3.63, 3.8) is 0 Å². The summed E-state index contributed by atoms with van der Waals surface area (Å²) in [6, 6.07) is 6.71. The van der Waals surface area contributed by atoms with Gasteiger partial charge in [0.25, 0.3) is 0 Å². The van der Waals surface area contributed by atoms with Crippen molar-refractivity contribution in [1.82, 2.24) is 0 Å². The standard InChI is InChI=1S/C16H21NO.ClH/c1-16-8-4-3-5-12(15(16)17)9-11-6-7-13(18-2)10-14(11)16;/h3-4,6-7,10,12,15H,5,8-9,17H2,1-2H3;1H/t12?,15-,16+;/m0./s1. The van der Waals surface area contributed by atoms with Crippen LogP contribution in [-0.4, -0.2) is 13.2 Å². The largest absolute Gasteiger partial charge is 0.497 e. The highest BCUT2D eigenvalue weighted by Gasteiger charge is 2.43. The fraction of sp³-hybridized carbons (Fsp3) is 0.500. The third-order valence-electron chi connectivity index (χ3n) is 4.81. The number of hydrogen-bond donors (Lipinski definition) is 1. The molecule has 1 aromatic carbocycles. The number of allylic oxidation sites excluding steroid dienone is 2. The van der Waals surface area contributed by atoms with Crippen LogP contribution in [0.25, 0.3) is 0 Å². The van der Waals surface area contributed by atoms with Gasteiger partial charge in [-0.2, -0.15) is 0 Å². The first-order valence-corrected chi connectivity index (χ1v) is 6.73. The molecule has 1 aromatic rings. The Balaban J connectivity index is 0.00000133. The fourth-order valence-electron chi connectivity index (χ4n) is 3.58. The van der Waals surface area contributed by atoms with E-state index in [0.717, 1.165) is 25.0 Å². The summed E-state index contributed by atoms with van der Waals surface area (Å²) in [5.41, 5.74) is 9.44. The van der Waals surface area contributed by atoms with Crippen LogP contribution in [0, 0.1) is 5.92 Å². The number of benzene rings is 1. The van der Waals surface area contributed by atoms with Gasteiger partial charge < -0.3 is 10.5 Å². The van der Waals surface area contributed by atoms with Crippen LogP contribution < -0.4 is 10.5 Å². The van der Waals surface area contributed by atoms with E-state index in [1.54, 1.807) is 7.11 Å². The van der Waals surface area contributed by atoms with E-state index in [0.29, 0.717) is 5.92 Å². The summed E-state index contributed by atoms with van der Waals surface area (Å²) in [6.45, 7) is 2.30. The van der Waals surface area contributed by atoms with E-state index in [9.17, 15) is 0 Å². The second-order valence-electron chi connectivity index (χ2n) is 5.84. The lowest BCUT2D eigenvalue weighted by atomic mass is 9.63. The number of halogens is 1. The average Bonchev–Trinajstić information content (AvgIpc) is 2.48. The van der Waals surface area contributed by atoms with Crippen LogP contribution in [-0.2, 0) is 11.8 Å². The molecular formula is C16H22ClNO. The van der Waals surface area contributed by atoms with Crippen LogP contribution in [0.1, 0.15) is 30.9 Å². The topological polar surface area (TPSA) is 35.2 Å². The zero-order chi connectivity index (χ0) is 12.8. The second-order valence-corrected chi connectivity index (χ2v) is 5.84. The van der Waals surface area contributed by atoms with E-state index in [4.69, 9.17) is 10.5 Å². The molecule has 0 aromatic heterocycles. The van der Waals surface area contributed by atoms with Crippen molar-refractivity contribution >= 4 is 12.4 Å². The van der Waals surface area contributed by atoms with Crippen LogP contribution in [0.3, 0.4) is 0 Å². The molecule has 0 saturated heterocycles. The van der Waals surface area contributed by atoms with Crippen molar-refractivity contribution in [2.45, 2.75) is 37.6 Å². The maximum absolute atomic E-state index is 6.54. The summed E-state index contributed by atoms with van der Waals surface area (Å²) in [7, 11) is 1.72. The minimum Gasteiger partial charge on any atom is -0.497 e. The number of nitrogens with two attached hydrogens (primary N) is 1. The van der Waals surface area contributed by atoms with Gasteiger partial charge in [0, 0.05) is 11.5 Å². The average molecular weight is 280 g/mol. The predicted octanol–water partition coefficient (Wildman–Crippen LogP) is 3.22. The van der Waals surface area contributed by atoms with Crippen LogP contribution >= 0.6 is 12.4 Å². The highest BCUT2D eigenvalue weighted by Crippen LogP contribution is 2.45. The molecule has 0 fully saturated rings. The zero-order valence-corrected chi connectivity index (χ0v) is 12.4. The zero-order valence-electron chi connectivity index (χ0n) is 11.6. The van der Waals surface area contributed by atoms with Gasteiger partial charge in [0.1, 0.15) is 5.75 Å². The van der Waals surface area contributed by atoms with E-state index in [-0.39, 0.29) is 23.9 Å². The lowest BCUT2D eigenvalue weighted by Gasteiger charge is -2.44. The molecule has 0 radical (unpaired) electrons. The van der Waals surface area contributed by atoms with Gasteiger partial charge in [-0.15, -0.1) is 12.4 Å². The molecule has 3 heteroatoms. The van der Waals surface area contributed by atoms with Crippen molar-refractivity contribution < 1.29 is 4.74 Å². The summed E-state index contributed by atoms with van der Waals surface area (Å²) in [5.74, 6) is 1.52. The third-order valence-corrected chi connectivity index (χ3v) is 4.81. The molecule has 104 valence electrons. The molecule has 0 saturated carbocycles. The van der Waals surface area contributed by atoms with Gasteiger partial charge in [0.2, 0.25) is 0 Å². The van der Waals surface area contributed by atoms with Gasteiger partial charge in [0.15, 0.2) is 0 Å². The Bertz CT molecular complexity index is 500. The Kier molecular flexibility index (Phi) is 3.93. The number of methoxy groups -OCH3 is 1. The number of rotatable bonds is 1. The Labute approximate surface area is 121 Å². The molecule has 2 aliphatic rings. The van der Waals surface area contributed by atoms with Crippen molar-refractivity contribution in [2.75, 3.05) is 7.11 Å². The van der Waals surface area contributed by atoms with Gasteiger partial charge in [-0.3, -0.25) is 0 Å². The smallest absolute Gasteiger partial charge is 0.119 e. The lowest BCUT2D eigenvalue weighted by molar-refractivity contribution is 0.260. The summed E-state index contributed by atoms with van der Waals surface area (Å²) >= 11 is 0. The molecule has 3 rings (SSSR count). The van der Waals surface area contributed by atoms with E-state index in [1.165, 1.54) is 11.1 Å². The molecule has 2 bridgehead atoms. The van der Waals surface area contributed by atoms with Crippen LogP contribution in [0.2, 0.25) is 0 Å². The first-order valence-electron chi connectivity index (χ1n) is 6.73. The third kappa shape index (κ3) is 2.17. The number of fused-ring (bicyclic) bond motifs is 4. The molecule has 2 nitrogen and oxygen atoms in total. The first-order chi connectivity index (χ1) is 8.65. The van der Waals surface area contributed by atoms with E-state index in [2.05, 4.69) is 37.3 Å². The first kappa shape index (κ1) is 14.4. The highest BCUT2D eigenvalue weighted by atomic mass is 35.5. The normalized spacial score (nSPS) is 31.9. The van der Waals surface area contributed by atoms with Crippen LogP contribution in [0.5, 0.6) is 5.75 Å². The molecule has 0 spiro atoms. The SMILES string of the molecule is COc1ccc2c(c1)[C@@]1(C)CC=CCC(C2)[C@@H]1N.Cl. The second kappa shape index (κ2) is 5.18. The minimum atomic E-state index is 0. The monoisotopic (exact) mass is 279 g/mol. The van der Waals surface area contributed by atoms with Crippen molar-refractivity contribution in [3.8, 4) is 5.75 Å². The molecule has 0 heterocycles. The summed E-state index contributed by atoms with van der Waals surface area (Å²) in [5, 5.41) is 0. The molecule has 3 atom stereocenters. The molecule has 0 amide bonds. The molecule has 2 N–H and O–H groups in total. The summed E-state index contributed by atoms with van der Waals surface area (Å²) in [4.78, 5) is 0. The Hall–Kier alpha value is -0.990. The molecule has 0 aliphatic heterocycles. The fourth-order valence-corrected chi connectivity index (χ4v) is 3.58. The van der Waals surface area contributed by atoms with E-state index >= 15 is 0 Å². The number of hydrogen-bond acceptors (Lipinski definition) is 2. The molecule has 2 aliphatic carbocycles. The Morgan fingerprint density at radius 2 is 2.11 bits per heavy atom. The van der Waals surface area contributed by atoms with Gasteiger partial charge in [-0.1, -0.05) is 25.1 Å². The van der Waals surface area contributed by atoms with Crippen molar-refractivity contribution in [2.24, 2.45) is 11.7 Å². The van der Waals surface area contributed by atoms with Gasteiger partial charge in [-0.05, 0) is 48.4 Å². The van der Waals surface area contributed by atoms with Gasteiger partial charge >= 0.3 is 0 Å². The maximum Gasteiger partial charge on any atom is 0.119 e.